The van der Waals surface area contributed by atoms with Gasteiger partial charge in [0, 0.05) is 11.1 Å². The van der Waals surface area contributed by atoms with Crippen molar-refractivity contribution in [3.63, 3.8) is 0 Å². The molecule has 2 rings (SSSR count). The SMILES string of the molecule is CCC(CCCCC1CC1)Oc1cc(Cl)cc(Cl)c1OC. The van der Waals surface area contributed by atoms with E-state index < -0.39 is 0 Å². The van der Waals surface area contributed by atoms with E-state index >= 15 is 0 Å². The molecule has 0 radical (unpaired) electrons. The Kier molecular flexibility index (Phi) is 6.50. The summed E-state index contributed by atoms with van der Waals surface area (Å²) in [5, 5.41) is 1.06. The van der Waals surface area contributed by atoms with Crippen LogP contribution in [0.25, 0.3) is 0 Å². The van der Waals surface area contributed by atoms with Gasteiger partial charge < -0.3 is 9.47 Å². The first-order chi connectivity index (χ1) is 10.1. The molecule has 0 aromatic heterocycles. The van der Waals surface area contributed by atoms with Gasteiger partial charge in [-0.3, -0.25) is 0 Å². The third-order valence-corrected chi connectivity index (χ3v) is 4.51. The van der Waals surface area contributed by atoms with E-state index in [4.69, 9.17) is 32.7 Å². The fourth-order valence-corrected chi connectivity index (χ4v) is 3.11. The van der Waals surface area contributed by atoms with Crippen LogP contribution in [0.3, 0.4) is 0 Å². The lowest BCUT2D eigenvalue weighted by Gasteiger charge is -2.20. The second kappa shape index (κ2) is 8.14. The molecule has 0 N–H and O–H groups in total. The Morgan fingerprint density at radius 2 is 2.00 bits per heavy atom. The lowest BCUT2D eigenvalue weighted by atomic mass is 10.1. The van der Waals surface area contributed by atoms with Crippen molar-refractivity contribution in [2.24, 2.45) is 5.92 Å². The summed E-state index contributed by atoms with van der Waals surface area (Å²) in [7, 11) is 1.60. The summed E-state index contributed by atoms with van der Waals surface area (Å²) in [6.45, 7) is 2.14. The summed E-state index contributed by atoms with van der Waals surface area (Å²) >= 11 is 12.2. The average Bonchev–Trinajstić information content (AvgIpc) is 3.26. The number of hydrogen-bond acceptors (Lipinski definition) is 2. The minimum Gasteiger partial charge on any atom is -0.491 e. The topological polar surface area (TPSA) is 18.5 Å². The van der Waals surface area contributed by atoms with Gasteiger partial charge in [0.05, 0.1) is 18.2 Å². The van der Waals surface area contributed by atoms with Crippen LogP contribution in [-0.2, 0) is 0 Å². The summed E-state index contributed by atoms with van der Waals surface area (Å²) in [6, 6.07) is 3.45. The fraction of sp³-hybridized carbons (Fsp3) is 0.647. The van der Waals surface area contributed by atoms with Gasteiger partial charge >= 0.3 is 0 Å². The van der Waals surface area contributed by atoms with Crippen LogP contribution in [0.2, 0.25) is 10.0 Å². The second-order valence-electron chi connectivity index (χ2n) is 5.79. The first kappa shape index (κ1) is 16.8. The maximum atomic E-state index is 6.14. The van der Waals surface area contributed by atoms with Crippen molar-refractivity contribution in [3.8, 4) is 11.5 Å². The number of benzene rings is 1. The van der Waals surface area contributed by atoms with Gasteiger partial charge in [0.25, 0.3) is 0 Å². The largest absolute Gasteiger partial charge is 0.491 e. The van der Waals surface area contributed by atoms with Crippen molar-refractivity contribution in [2.45, 2.75) is 58.0 Å². The average molecular weight is 331 g/mol. The van der Waals surface area contributed by atoms with Crippen LogP contribution in [0.15, 0.2) is 12.1 Å². The van der Waals surface area contributed by atoms with Gasteiger partial charge in [0.15, 0.2) is 11.5 Å². The van der Waals surface area contributed by atoms with Crippen molar-refractivity contribution < 1.29 is 9.47 Å². The summed E-state index contributed by atoms with van der Waals surface area (Å²) < 4.78 is 11.4. The molecule has 0 bridgehead atoms. The molecule has 1 unspecified atom stereocenters. The lowest BCUT2D eigenvalue weighted by molar-refractivity contribution is 0.175. The van der Waals surface area contributed by atoms with Crippen LogP contribution < -0.4 is 9.47 Å². The van der Waals surface area contributed by atoms with Crippen molar-refractivity contribution in [3.05, 3.63) is 22.2 Å². The maximum absolute atomic E-state index is 6.14. The summed E-state index contributed by atoms with van der Waals surface area (Å²) in [4.78, 5) is 0. The van der Waals surface area contributed by atoms with Crippen molar-refractivity contribution in [2.75, 3.05) is 7.11 Å². The van der Waals surface area contributed by atoms with Gasteiger partial charge in [-0.05, 0) is 31.2 Å². The summed E-state index contributed by atoms with van der Waals surface area (Å²) in [6.07, 6.45) is 8.99. The van der Waals surface area contributed by atoms with Gasteiger partial charge in [0.2, 0.25) is 0 Å². The van der Waals surface area contributed by atoms with Crippen LogP contribution >= 0.6 is 23.2 Å². The maximum Gasteiger partial charge on any atom is 0.179 e. The predicted octanol–water partition coefficient (Wildman–Crippen LogP) is 6.13. The summed E-state index contributed by atoms with van der Waals surface area (Å²) in [5.41, 5.74) is 0. The molecule has 0 spiro atoms. The molecule has 4 heteroatoms. The van der Waals surface area contributed by atoms with E-state index in [0.29, 0.717) is 21.5 Å². The first-order valence-electron chi connectivity index (χ1n) is 7.83. The highest BCUT2D eigenvalue weighted by Gasteiger charge is 2.20. The Hall–Kier alpha value is -0.600. The zero-order chi connectivity index (χ0) is 15.2. The van der Waals surface area contributed by atoms with Crippen LogP contribution in [0.4, 0.5) is 0 Å². The molecule has 118 valence electrons. The Morgan fingerprint density at radius 3 is 2.62 bits per heavy atom. The quantitative estimate of drug-likeness (QED) is 0.507. The fourth-order valence-electron chi connectivity index (χ4n) is 2.56. The molecule has 1 aromatic carbocycles. The molecule has 1 aliphatic carbocycles. The summed E-state index contributed by atoms with van der Waals surface area (Å²) in [5.74, 6) is 2.22. The lowest BCUT2D eigenvalue weighted by Crippen LogP contribution is -2.15. The monoisotopic (exact) mass is 330 g/mol. The molecule has 1 atom stereocenters. The molecule has 0 heterocycles. The molecule has 0 saturated heterocycles. The van der Waals surface area contributed by atoms with E-state index in [-0.39, 0.29) is 6.10 Å². The Bertz CT molecular complexity index is 458. The molecule has 0 amide bonds. The van der Waals surface area contributed by atoms with Crippen molar-refractivity contribution >= 4 is 23.2 Å². The number of rotatable bonds is 9. The number of hydrogen-bond donors (Lipinski definition) is 0. The van der Waals surface area contributed by atoms with E-state index in [2.05, 4.69) is 6.92 Å². The number of halogens is 2. The third-order valence-electron chi connectivity index (χ3n) is 4.01. The zero-order valence-electron chi connectivity index (χ0n) is 12.8. The van der Waals surface area contributed by atoms with Gasteiger partial charge in [-0.1, -0.05) is 55.8 Å². The molecule has 2 nitrogen and oxygen atoms in total. The predicted molar refractivity (Wildman–Crippen MR) is 88.9 cm³/mol. The minimum atomic E-state index is 0.188. The van der Waals surface area contributed by atoms with Gasteiger partial charge in [-0.25, -0.2) is 0 Å². The minimum absolute atomic E-state index is 0.188. The molecule has 21 heavy (non-hydrogen) atoms. The highest BCUT2D eigenvalue weighted by atomic mass is 35.5. The van der Waals surface area contributed by atoms with Crippen molar-refractivity contribution in [1.29, 1.82) is 0 Å². The molecule has 1 aliphatic rings. The Labute approximate surface area is 137 Å². The number of methoxy groups -OCH3 is 1. The van der Waals surface area contributed by atoms with Gasteiger partial charge in [-0.2, -0.15) is 0 Å². The van der Waals surface area contributed by atoms with Crippen LogP contribution in [-0.4, -0.2) is 13.2 Å². The highest BCUT2D eigenvalue weighted by Crippen LogP contribution is 2.39. The van der Waals surface area contributed by atoms with Crippen LogP contribution in [0.5, 0.6) is 11.5 Å². The molecule has 1 aromatic rings. The molecule has 1 saturated carbocycles. The van der Waals surface area contributed by atoms with E-state index in [9.17, 15) is 0 Å². The number of ether oxygens (including phenoxy) is 2. The number of unbranched alkanes of at least 4 members (excludes halogenated alkanes) is 1. The highest BCUT2D eigenvalue weighted by molar-refractivity contribution is 6.35. The van der Waals surface area contributed by atoms with E-state index in [1.807, 2.05) is 0 Å². The van der Waals surface area contributed by atoms with E-state index in [1.54, 1.807) is 19.2 Å². The molecular weight excluding hydrogens is 307 g/mol. The standard InChI is InChI=1S/C17H24Cl2O2/c1-3-14(7-5-4-6-12-8-9-12)21-16-11-13(18)10-15(19)17(16)20-2/h10-12,14H,3-9H2,1-2H3. The molecular formula is C17H24Cl2O2. The Balaban J connectivity index is 1.90. The molecule has 1 fully saturated rings. The smallest absolute Gasteiger partial charge is 0.179 e. The first-order valence-corrected chi connectivity index (χ1v) is 8.59. The van der Waals surface area contributed by atoms with Gasteiger partial charge in [-0.15, -0.1) is 0 Å². The third kappa shape index (κ3) is 5.27. The van der Waals surface area contributed by atoms with Gasteiger partial charge in [0.1, 0.15) is 0 Å². The normalized spacial score (nSPS) is 15.8. The van der Waals surface area contributed by atoms with Crippen molar-refractivity contribution in [1.82, 2.24) is 0 Å². The molecule has 0 aliphatic heterocycles. The van der Waals surface area contributed by atoms with Crippen LogP contribution in [0.1, 0.15) is 51.9 Å². The van der Waals surface area contributed by atoms with Crippen LogP contribution in [0, 0.1) is 5.92 Å². The second-order valence-corrected chi connectivity index (χ2v) is 6.64. The van der Waals surface area contributed by atoms with E-state index in [1.165, 1.54) is 32.1 Å². The zero-order valence-corrected chi connectivity index (χ0v) is 14.3. The Morgan fingerprint density at radius 1 is 1.24 bits per heavy atom. The van der Waals surface area contributed by atoms with E-state index in [0.717, 1.165) is 18.8 Å².